The molecule has 0 aliphatic rings. The average molecular weight is 898 g/mol. The van der Waals surface area contributed by atoms with E-state index in [0.29, 0.717) is 19.4 Å². The average Bonchev–Trinajstić information content (AvgIpc) is 3.29. The lowest BCUT2D eigenvalue weighted by molar-refractivity contribution is -0.143. The van der Waals surface area contributed by atoms with Crippen molar-refractivity contribution < 1.29 is 24.5 Å². The van der Waals surface area contributed by atoms with Crippen LogP contribution < -0.4 is 5.32 Å². The van der Waals surface area contributed by atoms with E-state index in [1.807, 2.05) is 6.08 Å². The SMILES string of the molecule is CCCCC/C=C\CCCCCCCC(=O)OCCCCC/C=C\C/C=C\CCCCCCCCCC(=O)NC(CO)C(O)/C=C/CCCCCCCCCCCCCCCCCC. The zero-order chi connectivity index (χ0) is 46.5. The Morgan fingerprint density at radius 1 is 0.438 bits per heavy atom. The maximum atomic E-state index is 12.5. The smallest absolute Gasteiger partial charge is 0.305 e. The summed E-state index contributed by atoms with van der Waals surface area (Å²) in [6.07, 6.45) is 66.9. The molecule has 6 heteroatoms. The number of ether oxygens (including phenoxy) is 1. The Bertz CT molecular complexity index is 1080. The van der Waals surface area contributed by atoms with Crippen LogP contribution in [0.5, 0.6) is 0 Å². The number of carbonyl (C=O) groups is 2. The Hall–Kier alpha value is -2.18. The van der Waals surface area contributed by atoms with Gasteiger partial charge < -0.3 is 20.3 Å². The molecule has 0 radical (unpaired) electrons. The second-order valence-electron chi connectivity index (χ2n) is 18.9. The van der Waals surface area contributed by atoms with Gasteiger partial charge in [-0.25, -0.2) is 0 Å². The van der Waals surface area contributed by atoms with Gasteiger partial charge in [0.05, 0.1) is 25.4 Å². The van der Waals surface area contributed by atoms with E-state index in [0.717, 1.165) is 83.5 Å². The van der Waals surface area contributed by atoms with Gasteiger partial charge in [-0.3, -0.25) is 9.59 Å². The monoisotopic (exact) mass is 898 g/mol. The van der Waals surface area contributed by atoms with E-state index in [1.165, 1.54) is 173 Å². The molecule has 6 nitrogen and oxygen atoms in total. The highest BCUT2D eigenvalue weighted by Crippen LogP contribution is 2.16. The summed E-state index contributed by atoms with van der Waals surface area (Å²) >= 11 is 0. The zero-order valence-electron chi connectivity index (χ0n) is 42.5. The Kier molecular flexibility index (Phi) is 51.6. The van der Waals surface area contributed by atoms with Crippen molar-refractivity contribution in [1.29, 1.82) is 0 Å². The lowest BCUT2D eigenvalue weighted by Crippen LogP contribution is -2.45. The predicted octanol–water partition coefficient (Wildman–Crippen LogP) is 17.0. The van der Waals surface area contributed by atoms with E-state index >= 15 is 0 Å². The molecule has 3 N–H and O–H groups in total. The molecule has 64 heavy (non-hydrogen) atoms. The summed E-state index contributed by atoms with van der Waals surface area (Å²) in [5.74, 6) is -0.111. The number of amides is 1. The van der Waals surface area contributed by atoms with E-state index < -0.39 is 12.1 Å². The first-order chi connectivity index (χ1) is 31.5. The second kappa shape index (κ2) is 53.4. The predicted molar refractivity (Wildman–Crippen MR) is 278 cm³/mol. The standard InChI is InChI=1S/C58H107NO5/c1-3-5-7-9-11-13-15-17-18-19-21-24-27-30-34-38-42-46-50-56(61)55(54-60)59-57(62)51-47-43-39-35-31-28-25-22-20-23-26-29-33-37-41-45-49-53-64-58(63)52-48-44-40-36-32-16-14-12-10-8-6-4-2/h12,14,20,23,29,33,46,50,55-56,60-61H,3-11,13,15-19,21-22,24-28,30-32,34-45,47-49,51-54H2,1-2H3,(H,59,62)/b14-12-,23-20-,33-29-,50-46+. The number of rotatable bonds is 51. The molecular formula is C58H107NO5. The highest BCUT2D eigenvalue weighted by atomic mass is 16.5. The van der Waals surface area contributed by atoms with Gasteiger partial charge in [-0.15, -0.1) is 0 Å². The van der Waals surface area contributed by atoms with E-state index in [9.17, 15) is 19.8 Å². The molecular weight excluding hydrogens is 791 g/mol. The maximum absolute atomic E-state index is 12.5. The fourth-order valence-corrected chi connectivity index (χ4v) is 8.25. The minimum absolute atomic E-state index is 0.0271. The summed E-state index contributed by atoms with van der Waals surface area (Å²) in [5, 5.41) is 23.1. The molecule has 0 fully saturated rings. The molecule has 0 aliphatic heterocycles. The van der Waals surface area contributed by atoms with Gasteiger partial charge in [0.1, 0.15) is 0 Å². The van der Waals surface area contributed by atoms with Gasteiger partial charge >= 0.3 is 5.97 Å². The molecule has 0 spiro atoms. The fraction of sp³-hybridized carbons (Fsp3) is 0.828. The van der Waals surface area contributed by atoms with Crippen LogP contribution in [0, 0.1) is 0 Å². The molecule has 0 heterocycles. The lowest BCUT2D eigenvalue weighted by Gasteiger charge is -2.20. The van der Waals surface area contributed by atoms with Gasteiger partial charge in [0.25, 0.3) is 0 Å². The maximum Gasteiger partial charge on any atom is 0.305 e. The Labute approximate surface area is 397 Å². The van der Waals surface area contributed by atoms with Gasteiger partial charge in [0.2, 0.25) is 5.91 Å². The third kappa shape index (κ3) is 49.3. The summed E-state index contributed by atoms with van der Waals surface area (Å²) in [4.78, 5) is 24.4. The normalized spacial score (nSPS) is 13.0. The summed E-state index contributed by atoms with van der Waals surface area (Å²) in [5.41, 5.74) is 0. The van der Waals surface area contributed by atoms with Gasteiger partial charge in [-0.2, -0.15) is 0 Å². The van der Waals surface area contributed by atoms with Gasteiger partial charge in [-0.1, -0.05) is 223 Å². The summed E-state index contributed by atoms with van der Waals surface area (Å²) in [6, 6.07) is -0.641. The minimum Gasteiger partial charge on any atom is -0.466 e. The van der Waals surface area contributed by atoms with Crippen LogP contribution in [0.25, 0.3) is 0 Å². The molecule has 0 aromatic carbocycles. The molecule has 0 rings (SSSR count). The van der Waals surface area contributed by atoms with Crippen LogP contribution in [-0.2, 0) is 14.3 Å². The van der Waals surface area contributed by atoms with Crippen molar-refractivity contribution in [3.8, 4) is 0 Å². The molecule has 1 amide bonds. The minimum atomic E-state index is -0.856. The molecule has 0 saturated carbocycles. The first-order valence-electron chi connectivity index (χ1n) is 27.9. The number of esters is 1. The number of carbonyl (C=O) groups excluding carboxylic acids is 2. The van der Waals surface area contributed by atoms with Crippen molar-refractivity contribution >= 4 is 11.9 Å². The Morgan fingerprint density at radius 3 is 1.23 bits per heavy atom. The largest absolute Gasteiger partial charge is 0.466 e. The Balaban J connectivity index is 3.55. The molecule has 0 saturated heterocycles. The van der Waals surface area contributed by atoms with Crippen molar-refractivity contribution in [3.63, 3.8) is 0 Å². The topological polar surface area (TPSA) is 95.9 Å². The van der Waals surface area contributed by atoms with Crippen LogP contribution >= 0.6 is 0 Å². The molecule has 0 aliphatic carbocycles. The molecule has 2 atom stereocenters. The number of hydrogen-bond donors (Lipinski definition) is 3. The van der Waals surface area contributed by atoms with Crippen LogP contribution in [0.4, 0.5) is 0 Å². The van der Waals surface area contributed by atoms with E-state index in [4.69, 9.17) is 4.74 Å². The number of aliphatic hydroxyl groups is 2. The second-order valence-corrected chi connectivity index (χ2v) is 18.9. The van der Waals surface area contributed by atoms with Gasteiger partial charge in [0.15, 0.2) is 0 Å². The van der Waals surface area contributed by atoms with E-state index in [-0.39, 0.29) is 18.5 Å². The lowest BCUT2D eigenvalue weighted by atomic mass is 10.0. The molecule has 0 aromatic rings. The van der Waals surface area contributed by atoms with Crippen molar-refractivity contribution in [2.45, 2.75) is 296 Å². The molecule has 0 bridgehead atoms. The highest BCUT2D eigenvalue weighted by Gasteiger charge is 2.18. The zero-order valence-corrected chi connectivity index (χ0v) is 42.5. The molecule has 2 unspecified atom stereocenters. The van der Waals surface area contributed by atoms with Crippen LogP contribution in [0.1, 0.15) is 284 Å². The van der Waals surface area contributed by atoms with Crippen molar-refractivity contribution in [2.24, 2.45) is 0 Å². The summed E-state index contributed by atoms with van der Waals surface area (Å²) in [6.45, 7) is 4.83. The fourth-order valence-electron chi connectivity index (χ4n) is 8.25. The van der Waals surface area contributed by atoms with E-state index in [2.05, 4.69) is 55.6 Å². The van der Waals surface area contributed by atoms with Crippen molar-refractivity contribution in [3.05, 3.63) is 48.6 Å². The highest BCUT2D eigenvalue weighted by molar-refractivity contribution is 5.76. The van der Waals surface area contributed by atoms with Gasteiger partial charge in [0, 0.05) is 12.8 Å². The van der Waals surface area contributed by atoms with E-state index in [1.54, 1.807) is 6.08 Å². The number of unbranched alkanes of at least 4 members (excludes halogenated alkanes) is 34. The summed E-state index contributed by atoms with van der Waals surface area (Å²) in [7, 11) is 0. The number of nitrogens with one attached hydrogen (secondary N) is 1. The molecule has 0 aromatic heterocycles. The first kappa shape index (κ1) is 61.8. The van der Waals surface area contributed by atoms with Crippen LogP contribution in [-0.4, -0.2) is 47.4 Å². The first-order valence-corrected chi connectivity index (χ1v) is 27.9. The van der Waals surface area contributed by atoms with Crippen LogP contribution in [0.15, 0.2) is 48.6 Å². The quantitative estimate of drug-likeness (QED) is 0.0321. The third-order valence-corrected chi connectivity index (χ3v) is 12.6. The van der Waals surface area contributed by atoms with Crippen LogP contribution in [0.3, 0.4) is 0 Å². The summed E-state index contributed by atoms with van der Waals surface area (Å²) < 4.78 is 5.43. The van der Waals surface area contributed by atoms with Gasteiger partial charge in [-0.05, 0) is 96.3 Å². The van der Waals surface area contributed by atoms with Crippen LogP contribution in [0.2, 0.25) is 0 Å². The molecule has 374 valence electrons. The third-order valence-electron chi connectivity index (χ3n) is 12.6. The Morgan fingerprint density at radius 2 is 0.781 bits per heavy atom. The van der Waals surface area contributed by atoms with Crippen molar-refractivity contribution in [2.75, 3.05) is 13.2 Å². The van der Waals surface area contributed by atoms with Crippen molar-refractivity contribution in [1.82, 2.24) is 5.32 Å². The number of allylic oxidation sites excluding steroid dienone is 7. The number of hydrogen-bond acceptors (Lipinski definition) is 5. The number of aliphatic hydroxyl groups excluding tert-OH is 2.